The zero-order valence-electron chi connectivity index (χ0n) is 18.8. The summed E-state index contributed by atoms with van der Waals surface area (Å²) in [4.78, 5) is 29.2. The van der Waals surface area contributed by atoms with Gasteiger partial charge >= 0.3 is 0 Å². The number of amides is 2. The van der Waals surface area contributed by atoms with E-state index in [1.54, 1.807) is 56.3 Å². The summed E-state index contributed by atoms with van der Waals surface area (Å²) in [7, 11) is 0. The molecule has 9 nitrogen and oxygen atoms in total. The summed E-state index contributed by atoms with van der Waals surface area (Å²) in [6, 6.07) is 14.1. The minimum atomic E-state index is -0.485. The van der Waals surface area contributed by atoms with Crippen LogP contribution in [-0.2, 0) is 6.61 Å². The number of benzene rings is 2. The molecule has 0 radical (unpaired) electrons. The van der Waals surface area contributed by atoms with Gasteiger partial charge in [-0.15, -0.1) is 0 Å². The topological polar surface area (TPSA) is 111 Å². The number of hydrazine groups is 1. The Balaban J connectivity index is 1.36. The highest BCUT2D eigenvalue weighted by atomic mass is 19.1. The molecule has 2 heterocycles. The molecule has 0 aliphatic heterocycles. The largest absolute Gasteiger partial charge is 0.485 e. The van der Waals surface area contributed by atoms with Crippen LogP contribution in [0.2, 0.25) is 0 Å². The van der Waals surface area contributed by atoms with Crippen molar-refractivity contribution in [1.29, 1.82) is 0 Å². The standard InChI is InChI=1S/C24H22FN5O4/c1-14-12-21(15(2)30(14)19-8-6-18(25)7-9-19)24(32)28-27-23(31)17-4-10-20(11-5-17)33-13-22-26-16(3)34-29-22/h4-12H,13H2,1-3H3,(H,27,31)(H,28,32). The summed E-state index contributed by atoms with van der Waals surface area (Å²) in [6.07, 6.45) is 0. The lowest BCUT2D eigenvalue weighted by molar-refractivity contribution is 0.0846. The number of ether oxygens (including phenoxy) is 1. The number of carbonyl (C=O) groups excluding carboxylic acids is 2. The van der Waals surface area contributed by atoms with Crippen LogP contribution in [0.15, 0.2) is 59.1 Å². The molecule has 0 atom stereocenters. The maximum atomic E-state index is 13.3. The van der Waals surface area contributed by atoms with Crippen LogP contribution < -0.4 is 15.6 Å². The molecule has 34 heavy (non-hydrogen) atoms. The van der Waals surface area contributed by atoms with Crippen LogP contribution in [0.25, 0.3) is 5.69 Å². The Bertz CT molecular complexity index is 1330. The Morgan fingerprint density at radius 2 is 1.68 bits per heavy atom. The molecule has 4 rings (SSSR count). The minimum Gasteiger partial charge on any atom is -0.485 e. The first-order valence-electron chi connectivity index (χ1n) is 10.4. The van der Waals surface area contributed by atoms with Gasteiger partial charge in [-0.3, -0.25) is 20.4 Å². The zero-order chi connectivity index (χ0) is 24.2. The lowest BCUT2D eigenvalue weighted by atomic mass is 10.2. The van der Waals surface area contributed by atoms with E-state index in [4.69, 9.17) is 9.26 Å². The van der Waals surface area contributed by atoms with Gasteiger partial charge in [0.1, 0.15) is 11.6 Å². The van der Waals surface area contributed by atoms with Crippen molar-refractivity contribution in [2.24, 2.45) is 0 Å². The van der Waals surface area contributed by atoms with Gasteiger partial charge < -0.3 is 13.8 Å². The first-order valence-corrected chi connectivity index (χ1v) is 10.4. The molecule has 0 aliphatic carbocycles. The summed E-state index contributed by atoms with van der Waals surface area (Å²) in [5.74, 6) is 0.0990. The van der Waals surface area contributed by atoms with E-state index in [-0.39, 0.29) is 12.4 Å². The number of aryl methyl sites for hydroxylation is 2. The smallest absolute Gasteiger partial charge is 0.271 e. The van der Waals surface area contributed by atoms with Gasteiger partial charge in [-0.2, -0.15) is 4.98 Å². The van der Waals surface area contributed by atoms with Crippen molar-refractivity contribution in [3.05, 3.63) is 94.6 Å². The third-order valence-corrected chi connectivity index (χ3v) is 5.10. The van der Waals surface area contributed by atoms with Crippen LogP contribution in [0.5, 0.6) is 5.75 Å². The van der Waals surface area contributed by atoms with E-state index in [9.17, 15) is 14.0 Å². The predicted octanol–water partition coefficient (Wildman–Crippen LogP) is 3.58. The Morgan fingerprint density at radius 1 is 1.00 bits per heavy atom. The molecule has 174 valence electrons. The van der Waals surface area contributed by atoms with Crippen molar-refractivity contribution in [3.8, 4) is 11.4 Å². The number of halogens is 1. The van der Waals surface area contributed by atoms with Crippen LogP contribution in [0.1, 0.15) is 43.8 Å². The third-order valence-electron chi connectivity index (χ3n) is 5.10. The molecular weight excluding hydrogens is 441 g/mol. The molecule has 0 saturated carbocycles. The second-order valence-electron chi connectivity index (χ2n) is 7.55. The number of hydrogen-bond acceptors (Lipinski definition) is 6. The fraction of sp³-hybridized carbons (Fsp3) is 0.167. The van der Waals surface area contributed by atoms with Crippen molar-refractivity contribution in [3.63, 3.8) is 0 Å². The Morgan fingerprint density at radius 3 is 2.32 bits per heavy atom. The van der Waals surface area contributed by atoms with Gasteiger partial charge in [0, 0.05) is 29.6 Å². The lowest BCUT2D eigenvalue weighted by Crippen LogP contribution is -2.41. The van der Waals surface area contributed by atoms with Crippen molar-refractivity contribution in [2.45, 2.75) is 27.4 Å². The summed E-state index contributed by atoms with van der Waals surface area (Å²) in [6.45, 7) is 5.44. The van der Waals surface area contributed by atoms with Crippen LogP contribution in [0.4, 0.5) is 4.39 Å². The van der Waals surface area contributed by atoms with E-state index in [1.165, 1.54) is 12.1 Å². The molecule has 2 amide bonds. The van der Waals surface area contributed by atoms with Crippen molar-refractivity contribution >= 4 is 11.8 Å². The van der Waals surface area contributed by atoms with Gasteiger partial charge in [-0.25, -0.2) is 4.39 Å². The maximum absolute atomic E-state index is 13.3. The number of hydrogen-bond donors (Lipinski definition) is 2. The Labute approximate surface area is 194 Å². The van der Waals surface area contributed by atoms with E-state index in [0.29, 0.717) is 34.3 Å². The number of rotatable bonds is 6. The number of nitrogens with one attached hydrogen (secondary N) is 2. The molecule has 0 unspecified atom stereocenters. The fourth-order valence-corrected chi connectivity index (χ4v) is 3.48. The molecule has 2 N–H and O–H groups in total. The fourth-order valence-electron chi connectivity index (χ4n) is 3.48. The number of carbonyl (C=O) groups is 2. The minimum absolute atomic E-state index is 0.134. The molecule has 0 aliphatic rings. The van der Waals surface area contributed by atoms with Gasteiger partial charge in [0.05, 0.1) is 5.56 Å². The van der Waals surface area contributed by atoms with Crippen molar-refractivity contribution in [1.82, 2.24) is 25.6 Å². The predicted molar refractivity (Wildman–Crippen MR) is 120 cm³/mol. The third kappa shape index (κ3) is 4.96. The van der Waals surface area contributed by atoms with E-state index in [2.05, 4.69) is 21.0 Å². The van der Waals surface area contributed by atoms with E-state index in [1.807, 2.05) is 11.5 Å². The SMILES string of the molecule is Cc1nc(COc2ccc(C(=O)NNC(=O)c3cc(C)n(-c4ccc(F)cc4)c3C)cc2)no1. The Hall–Kier alpha value is -4.47. The quantitative estimate of drug-likeness (QED) is 0.423. The highest BCUT2D eigenvalue weighted by Gasteiger charge is 2.17. The molecule has 2 aromatic carbocycles. The van der Waals surface area contributed by atoms with E-state index < -0.39 is 11.8 Å². The summed E-state index contributed by atoms with van der Waals surface area (Å²) in [5.41, 5.74) is 7.76. The molecule has 0 fully saturated rings. The zero-order valence-corrected chi connectivity index (χ0v) is 18.8. The van der Waals surface area contributed by atoms with Gasteiger partial charge in [0.2, 0.25) is 11.7 Å². The highest BCUT2D eigenvalue weighted by Crippen LogP contribution is 2.21. The average Bonchev–Trinajstić information content (AvgIpc) is 3.38. The van der Waals surface area contributed by atoms with Gasteiger partial charge in [0.25, 0.3) is 11.8 Å². The van der Waals surface area contributed by atoms with Crippen LogP contribution in [0, 0.1) is 26.6 Å². The Kier molecular flexibility index (Phi) is 6.39. The monoisotopic (exact) mass is 463 g/mol. The van der Waals surface area contributed by atoms with Crippen molar-refractivity contribution < 1.29 is 23.2 Å². The van der Waals surface area contributed by atoms with E-state index in [0.717, 1.165) is 11.4 Å². The highest BCUT2D eigenvalue weighted by molar-refractivity contribution is 6.00. The van der Waals surface area contributed by atoms with Gasteiger partial charge in [-0.05, 0) is 68.4 Å². The van der Waals surface area contributed by atoms with Crippen LogP contribution in [0.3, 0.4) is 0 Å². The van der Waals surface area contributed by atoms with E-state index >= 15 is 0 Å². The summed E-state index contributed by atoms with van der Waals surface area (Å²) < 4.78 is 25.5. The van der Waals surface area contributed by atoms with Crippen LogP contribution in [-0.4, -0.2) is 26.5 Å². The second-order valence-corrected chi connectivity index (χ2v) is 7.55. The van der Waals surface area contributed by atoms with Gasteiger partial charge in [-0.1, -0.05) is 5.16 Å². The normalized spacial score (nSPS) is 10.7. The van der Waals surface area contributed by atoms with Crippen molar-refractivity contribution in [2.75, 3.05) is 0 Å². The molecule has 0 spiro atoms. The summed E-state index contributed by atoms with van der Waals surface area (Å²) >= 11 is 0. The molecular formula is C24H22FN5O4. The average molecular weight is 463 g/mol. The lowest BCUT2D eigenvalue weighted by Gasteiger charge is -2.11. The first kappa shape index (κ1) is 22.7. The molecule has 2 aromatic heterocycles. The maximum Gasteiger partial charge on any atom is 0.271 e. The first-order chi connectivity index (χ1) is 16.3. The van der Waals surface area contributed by atoms with Gasteiger partial charge in [0.15, 0.2) is 6.61 Å². The second kappa shape index (κ2) is 9.57. The number of aromatic nitrogens is 3. The molecule has 0 saturated heterocycles. The molecule has 0 bridgehead atoms. The molecule has 4 aromatic rings. The van der Waals surface area contributed by atoms with Crippen LogP contribution >= 0.6 is 0 Å². The molecule has 10 heteroatoms. The summed E-state index contributed by atoms with van der Waals surface area (Å²) in [5, 5.41) is 3.74. The number of nitrogens with zero attached hydrogens (tertiary/aromatic N) is 3.